The fourth-order valence-corrected chi connectivity index (χ4v) is 12.8. The van der Waals surface area contributed by atoms with Crippen molar-refractivity contribution in [3.63, 3.8) is 0 Å². The predicted octanol–water partition coefficient (Wildman–Crippen LogP) is 20.8. The number of rotatable bonds is 10. The largest absolute Gasteiger partial charge is 0.310 e. The van der Waals surface area contributed by atoms with E-state index in [0.29, 0.717) is 0 Å². The zero-order valence-electron chi connectivity index (χ0n) is 43.4. The average Bonchev–Trinajstić information content (AvgIpc) is 4.17. The molecule has 0 aliphatic heterocycles. The van der Waals surface area contributed by atoms with E-state index in [1.165, 1.54) is 88.7 Å². The van der Waals surface area contributed by atoms with Gasteiger partial charge in [0.15, 0.2) is 0 Å². The van der Waals surface area contributed by atoms with E-state index in [1.807, 2.05) is 0 Å². The summed E-state index contributed by atoms with van der Waals surface area (Å²) in [6.07, 6.45) is 0. The summed E-state index contributed by atoms with van der Waals surface area (Å²) in [4.78, 5) is 4.92. The molecular weight excluding hydrogens is 953 g/mol. The van der Waals surface area contributed by atoms with E-state index in [4.69, 9.17) is 0 Å². The van der Waals surface area contributed by atoms with Crippen LogP contribution in [0.15, 0.2) is 315 Å². The third-order valence-corrected chi connectivity index (χ3v) is 16.5. The van der Waals surface area contributed by atoms with Gasteiger partial charge in [-0.1, -0.05) is 243 Å². The van der Waals surface area contributed by atoms with E-state index >= 15 is 0 Å². The van der Waals surface area contributed by atoms with Gasteiger partial charge in [0.2, 0.25) is 0 Å². The molecule has 2 aliphatic rings. The standard InChI is InChI=1S/C77H52N2/c1-5-19-53(20-6-1)56-33-35-59(36-34-56)71-49-60-25-13-14-26-61(60)50-76(71)79(62-27-11-4-12-28-62)66-46-48-70-68-30-16-18-32-73(68)77(75(70)52-66)72-31-17-15-29-67(72)69-47-45-65(51-74(69)77)78(63-41-37-57(38-42-63)54-21-7-2-8-22-54)64-43-39-58(40-44-64)55-23-9-3-10-24-55/h1-52H. The average molecular weight is 1010 g/mol. The Morgan fingerprint density at radius 1 is 0.190 bits per heavy atom. The van der Waals surface area contributed by atoms with Crippen molar-refractivity contribution in [2.24, 2.45) is 0 Å². The number of para-hydroxylation sites is 1. The number of nitrogens with zero attached hydrogens (tertiary/aromatic N) is 2. The molecule has 0 aromatic heterocycles. The monoisotopic (exact) mass is 1000 g/mol. The highest BCUT2D eigenvalue weighted by atomic mass is 15.1. The van der Waals surface area contributed by atoms with Gasteiger partial charge in [0.05, 0.1) is 11.1 Å². The zero-order chi connectivity index (χ0) is 52.3. The van der Waals surface area contributed by atoms with E-state index in [0.717, 1.165) is 45.3 Å². The lowest BCUT2D eigenvalue weighted by molar-refractivity contribution is 0.793. The molecule has 0 bridgehead atoms. The van der Waals surface area contributed by atoms with Crippen molar-refractivity contribution in [1.82, 2.24) is 0 Å². The quantitative estimate of drug-likeness (QED) is 0.135. The lowest BCUT2D eigenvalue weighted by atomic mass is 9.70. The van der Waals surface area contributed by atoms with Crippen LogP contribution < -0.4 is 9.80 Å². The summed E-state index contributed by atoms with van der Waals surface area (Å²) < 4.78 is 0. The summed E-state index contributed by atoms with van der Waals surface area (Å²) in [5, 5.41) is 2.39. The summed E-state index contributed by atoms with van der Waals surface area (Å²) in [6, 6.07) is 116. The SMILES string of the molecule is c1ccc(-c2ccc(-c3cc4ccccc4cc3N(c3ccccc3)c3ccc4c(c3)C3(c5ccccc5-c5ccc(N(c6ccc(-c7ccccc7)cc6)c6ccc(-c7ccccc7)cc6)cc53)c3ccccc3-4)cc2)cc1. The van der Waals surface area contributed by atoms with Gasteiger partial charge in [0.1, 0.15) is 0 Å². The molecule has 15 rings (SSSR count). The van der Waals surface area contributed by atoms with Gasteiger partial charge in [0.25, 0.3) is 0 Å². The van der Waals surface area contributed by atoms with Gasteiger partial charge in [-0.15, -0.1) is 0 Å². The molecule has 0 radical (unpaired) electrons. The third-order valence-electron chi connectivity index (χ3n) is 16.5. The van der Waals surface area contributed by atoms with Crippen molar-refractivity contribution < 1.29 is 0 Å². The second kappa shape index (κ2) is 19.1. The van der Waals surface area contributed by atoms with Gasteiger partial charge < -0.3 is 9.80 Å². The molecule has 0 fully saturated rings. The van der Waals surface area contributed by atoms with Gasteiger partial charge in [0, 0.05) is 34.0 Å². The van der Waals surface area contributed by atoms with Crippen LogP contribution in [0.2, 0.25) is 0 Å². The molecule has 0 N–H and O–H groups in total. The molecule has 1 spiro atoms. The van der Waals surface area contributed by atoms with Crippen molar-refractivity contribution >= 4 is 44.9 Å². The van der Waals surface area contributed by atoms with Crippen LogP contribution in [0.25, 0.3) is 77.5 Å². The molecule has 0 saturated carbocycles. The van der Waals surface area contributed by atoms with E-state index in [2.05, 4.69) is 325 Å². The minimum absolute atomic E-state index is 0.633. The Bertz CT molecular complexity index is 4280. The fraction of sp³-hybridized carbons (Fsp3) is 0.0130. The van der Waals surface area contributed by atoms with Crippen molar-refractivity contribution in [1.29, 1.82) is 0 Å². The minimum atomic E-state index is -0.633. The molecule has 2 heteroatoms. The van der Waals surface area contributed by atoms with Crippen LogP contribution in [0, 0.1) is 0 Å². The van der Waals surface area contributed by atoms with Gasteiger partial charge in [-0.2, -0.15) is 0 Å². The van der Waals surface area contributed by atoms with E-state index in [9.17, 15) is 0 Å². The summed E-state index contributed by atoms with van der Waals surface area (Å²) in [5.41, 5.74) is 25.6. The molecule has 1 atom stereocenters. The Balaban J connectivity index is 0.936. The normalized spacial score (nSPS) is 13.6. The Morgan fingerprint density at radius 2 is 0.519 bits per heavy atom. The highest BCUT2D eigenvalue weighted by Crippen LogP contribution is 2.64. The number of fused-ring (bicyclic) bond motifs is 11. The van der Waals surface area contributed by atoms with Crippen LogP contribution in [-0.4, -0.2) is 0 Å². The van der Waals surface area contributed by atoms with E-state index < -0.39 is 5.41 Å². The molecule has 13 aromatic carbocycles. The number of hydrogen-bond acceptors (Lipinski definition) is 2. The highest BCUT2D eigenvalue weighted by molar-refractivity contribution is 6.01. The van der Waals surface area contributed by atoms with E-state index in [1.54, 1.807) is 0 Å². The van der Waals surface area contributed by atoms with Crippen molar-refractivity contribution in [3.05, 3.63) is 338 Å². The minimum Gasteiger partial charge on any atom is -0.310 e. The first-order chi connectivity index (χ1) is 39.2. The topological polar surface area (TPSA) is 6.48 Å². The summed E-state index contributed by atoms with van der Waals surface area (Å²) in [6.45, 7) is 0. The Labute approximate surface area is 462 Å². The molecule has 2 nitrogen and oxygen atoms in total. The maximum Gasteiger partial charge on any atom is 0.0727 e. The maximum atomic E-state index is 2.51. The van der Waals surface area contributed by atoms with Crippen LogP contribution in [0.1, 0.15) is 22.3 Å². The maximum absolute atomic E-state index is 2.51. The highest BCUT2D eigenvalue weighted by Gasteiger charge is 2.52. The zero-order valence-corrected chi connectivity index (χ0v) is 43.4. The first kappa shape index (κ1) is 46.1. The summed E-state index contributed by atoms with van der Waals surface area (Å²) in [7, 11) is 0. The Hall–Kier alpha value is -10.3. The molecule has 2 aliphatic carbocycles. The van der Waals surface area contributed by atoms with Crippen LogP contribution >= 0.6 is 0 Å². The molecule has 0 heterocycles. The number of anilines is 6. The first-order valence-corrected chi connectivity index (χ1v) is 27.3. The van der Waals surface area contributed by atoms with Crippen molar-refractivity contribution in [2.75, 3.05) is 9.80 Å². The smallest absolute Gasteiger partial charge is 0.0727 e. The van der Waals surface area contributed by atoms with Gasteiger partial charge in [-0.05, 0) is 167 Å². The molecule has 1 unspecified atom stereocenters. The summed E-state index contributed by atoms with van der Waals surface area (Å²) >= 11 is 0. The van der Waals surface area contributed by atoms with Gasteiger partial charge >= 0.3 is 0 Å². The molecule has 0 amide bonds. The number of hydrogen-bond donors (Lipinski definition) is 0. The third kappa shape index (κ3) is 7.71. The number of benzene rings is 13. The molecule has 13 aromatic rings. The van der Waals surface area contributed by atoms with Crippen molar-refractivity contribution in [2.45, 2.75) is 5.41 Å². The second-order valence-electron chi connectivity index (χ2n) is 20.8. The molecule has 0 saturated heterocycles. The van der Waals surface area contributed by atoms with Crippen molar-refractivity contribution in [3.8, 4) is 66.8 Å². The predicted molar refractivity (Wildman–Crippen MR) is 331 cm³/mol. The fourth-order valence-electron chi connectivity index (χ4n) is 12.8. The van der Waals surface area contributed by atoms with Crippen LogP contribution in [0.5, 0.6) is 0 Å². The van der Waals surface area contributed by atoms with Gasteiger partial charge in [-0.25, -0.2) is 0 Å². The molecular formula is C77H52N2. The second-order valence-corrected chi connectivity index (χ2v) is 20.8. The van der Waals surface area contributed by atoms with Crippen LogP contribution in [0.4, 0.5) is 34.1 Å². The molecule has 79 heavy (non-hydrogen) atoms. The molecule has 370 valence electrons. The Morgan fingerprint density at radius 3 is 1.00 bits per heavy atom. The lowest BCUT2D eigenvalue weighted by Crippen LogP contribution is -2.26. The Kier molecular flexibility index (Phi) is 11.1. The first-order valence-electron chi connectivity index (χ1n) is 27.3. The van der Waals surface area contributed by atoms with Crippen LogP contribution in [-0.2, 0) is 5.41 Å². The van der Waals surface area contributed by atoms with Gasteiger partial charge in [-0.3, -0.25) is 0 Å². The summed E-state index contributed by atoms with van der Waals surface area (Å²) in [5.74, 6) is 0. The lowest BCUT2D eigenvalue weighted by Gasteiger charge is -2.34. The van der Waals surface area contributed by atoms with Crippen LogP contribution in [0.3, 0.4) is 0 Å². The van der Waals surface area contributed by atoms with E-state index in [-0.39, 0.29) is 0 Å².